The van der Waals surface area contributed by atoms with Crippen LogP contribution in [0.15, 0.2) is 35.0 Å². The highest BCUT2D eigenvalue weighted by atomic mass is 32.1. The maximum atomic E-state index is 12.9. The Morgan fingerprint density at radius 3 is 2.72 bits per heavy atom. The lowest BCUT2D eigenvalue weighted by Gasteiger charge is -2.04. The maximum Gasteiger partial charge on any atom is 0.251 e. The third kappa shape index (κ3) is 3.13. The summed E-state index contributed by atoms with van der Waals surface area (Å²) in [5.74, 6) is -2.37. The topological polar surface area (TPSA) is 29.1 Å². The molecular weight excluding hydrogens is 256 g/mol. The van der Waals surface area contributed by atoms with Crippen molar-refractivity contribution in [3.63, 3.8) is 0 Å². The summed E-state index contributed by atoms with van der Waals surface area (Å²) >= 11 is 1.59. The Hall–Kier alpha value is -1.75. The van der Waals surface area contributed by atoms with Crippen LogP contribution in [0.25, 0.3) is 0 Å². The van der Waals surface area contributed by atoms with Gasteiger partial charge in [0.2, 0.25) is 0 Å². The van der Waals surface area contributed by atoms with E-state index in [9.17, 15) is 13.6 Å². The molecule has 2 rings (SSSR count). The molecule has 1 aromatic carbocycles. The Bertz CT molecular complexity index is 540. The third-order valence-corrected chi connectivity index (χ3v) is 3.19. The van der Waals surface area contributed by atoms with Crippen LogP contribution in [0.3, 0.4) is 0 Å². The van der Waals surface area contributed by atoms with Gasteiger partial charge in [0.1, 0.15) is 0 Å². The van der Waals surface area contributed by atoms with Crippen molar-refractivity contribution < 1.29 is 13.6 Å². The van der Waals surface area contributed by atoms with E-state index in [2.05, 4.69) is 5.32 Å². The van der Waals surface area contributed by atoms with E-state index < -0.39 is 17.5 Å². The quantitative estimate of drug-likeness (QED) is 0.906. The van der Waals surface area contributed by atoms with Gasteiger partial charge >= 0.3 is 0 Å². The molecule has 0 unspecified atom stereocenters. The number of amides is 1. The molecule has 0 radical (unpaired) electrons. The molecule has 1 aromatic heterocycles. The predicted octanol–water partition coefficient (Wildman–Crippen LogP) is 3.00. The van der Waals surface area contributed by atoms with Crippen LogP contribution in [-0.2, 0) is 6.42 Å². The van der Waals surface area contributed by atoms with E-state index in [0.717, 1.165) is 24.1 Å². The van der Waals surface area contributed by atoms with Gasteiger partial charge in [-0.05, 0) is 47.0 Å². The fourth-order valence-corrected chi connectivity index (χ4v) is 2.20. The summed E-state index contributed by atoms with van der Waals surface area (Å²) in [6, 6.07) is 5.09. The van der Waals surface area contributed by atoms with Gasteiger partial charge < -0.3 is 5.32 Å². The Labute approximate surface area is 107 Å². The summed E-state index contributed by atoms with van der Waals surface area (Å²) in [6.07, 6.45) is 0.721. The Balaban J connectivity index is 1.89. The number of rotatable bonds is 4. The smallest absolute Gasteiger partial charge is 0.251 e. The van der Waals surface area contributed by atoms with Crippen molar-refractivity contribution in [1.82, 2.24) is 5.32 Å². The van der Waals surface area contributed by atoms with Crippen molar-refractivity contribution >= 4 is 17.2 Å². The second-order valence-corrected chi connectivity index (χ2v) is 4.55. The third-order valence-electron chi connectivity index (χ3n) is 2.46. The summed E-state index contributed by atoms with van der Waals surface area (Å²) in [5, 5.41) is 6.63. The number of benzene rings is 1. The van der Waals surface area contributed by atoms with Gasteiger partial charge in [-0.15, -0.1) is 0 Å². The zero-order valence-electron chi connectivity index (χ0n) is 9.45. The Kier molecular flexibility index (Phi) is 4.04. The minimum Gasteiger partial charge on any atom is -0.352 e. The van der Waals surface area contributed by atoms with Gasteiger partial charge in [0.05, 0.1) is 0 Å². The van der Waals surface area contributed by atoms with Gasteiger partial charge in [-0.3, -0.25) is 4.79 Å². The molecule has 0 fully saturated rings. The Morgan fingerprint density at radius 1 is 1.22 bits per heavy atom. The van der Waals surface area contributed by atoms with Gasteiger partial charge in [0.15, 0.2) is 11.6 Å². The largest absolute Gasteiger partial charge is 0.352 e. The highest BCUT2D eigenvalue weighted by Crippen LogP contribution is 2.09. The van der Waals surface area contributed by atoms with Crippen LogP contribution in [0.5, 0.6) is 0 Å². The molecule has 0 aliphatic carbocycles. The lowest BCUT2D eigenvalue weighted by atomic mass is 10.2. The van der Waals surface area contributed by atoms with Crippen molar-refractivity contribution in [2.45, 2.75) is 6.42 Å². The van der Waals surface area contributed by atoms with E-state index in [4.69, 9.17) is 0 Å². The van der Waals surface area contributed by atoms with Crippen LogP contribution in [0, 0.1) is 11.6 Å². The van der Waals surface area contributed by atoms with Crippen molar-refractivity contribution in [2.24, 2.45) is 0 Å². The standard InChI is InChI=1S/C13H11F2NOS/c14-11-2-1-10(7-12(11)15)13(17)16-5-3-9-4-6-18-8-9/h1-2,4,6-8H,3,5H2,(H,16,17). The van der Waals surface area contributed by atoms with Crippen molar-refractivity contribution in [1.29, 1.82) is 0 Å². The number of halogens is 2. The van der Waals surface area contributed by atoms with Crippen LogP contribution >= 0.6 is 11.3 Å². The summed E-state index contributed by atoms with van der Waals surface area (Å²) in [7, 11) is 0. The minimum absolute atomic E-state index is 0.124. The number of hydrogen-bond donors (Lipinski definition) is 1. The first kappa shape index (κ1) is 12.7. The lowest BCUT2D eigenvalue weighted by molar-refractivity contribution is 0.0953. The zero-order chi connectivity index (χ0) is 13.0. The lowest BCUT2D eigenvalue weighted by Crippen LogP contribution is -2.25. The number of carbonyl (C=O) groups is 1. The summed E-state index contributed by atoms with van der Waals surface area (Å²) in [4.78, 5) is 11.6. The van der Waals surface area contributed by atoms with E-state index in [1.54, 1.807) is 11.3 Å². The van der Waals surface area contributed by atoms with E-state index in [-0.39, 0.29) is 5.56 Å². The molecule has 2 nitrogen and oxygen atoms in total. The summed E-state index contributed by atoms with van der Waals surface area (Å²) in [5.41, 5.74) is 1.27. The molecule has 0 aliphatic rings. The second kappa shape index (κ2) is 5.73. The number of nitrogens with one attached hydrogen (secondary N) is 1. The molecule has 0 saturated heterocycles. The zero-order valence-corrected chi connectivity index (χ0v) is 10.3. The molecular formula is C13H11F2NOS. The van der Waals surface area contributed by atoms with Crippen LogP contribution in [0.2, 0.25) is 0 Å². The van der Waals surface area contributed by atoms with Crippen LogP contribution in [0.1, 0.15) is 15.9 Å². The number of carbonyl (C=O) groups excluding carboxylic acids is 1. The van der Waals surface area contributed by atoms with Crippen molar-refractivity contribution in [3.05, 3.63) is 57.8 Å². The fourth-order valence-electron chi connectivity index (χ4n) is 1.49. The van der Waals surface area contributed by atoms with Crippen LogP contribution in [-0.4, -0.2) is 12.5 Å². The van der Waals surface area contributed by atoms with Gasteiger partial charge in [-0.2, -0.15) is 11.3 Å². The molecule has 5 heteroatoms. The van der Waals surface area contributed by atoms with Gasteiger partial charge in [0, 0.05) is 12.1 Å². The molecule has 0 spiro atoms. The molecule has 0 bridgehead atoms. The van der Waals surface area contributed by atoms with Crippen molar-refractivity contribution in [3.8, 4) is 0 Å². The van der Waals surface area contributed by atoms with Gasteiger partial charge in [-0.1, -0.05) is 0 Å². The number of thiophene rings is 1. The molecule has 1 heterocycles. The number of hydrogen-bond acceptors (Lipinski definition) is 2. The minimum atomic E-state index is -1.01. The summed E-state index contributed by atoms with van der Waals surface area (Å²) in [6.45, 7) is 0.467. The van der Waals surface area contributed by atoms with E-state index in [1.807, 2.05) is 16.8 Å². The van der Waals surface area contributed by atoms with Crippen molar-refractivity contribution in [2.75, 3.05) is 6.54 Å². The Morgan fingerprint density at radius 2 is 2.06 bits per heavy atom. The first-order valence-corrected chi connectivity index (χ1v) is 6.35. The van der Waals surface area contributed by atoms with Crippen LogP contribution < -0.4 is 5.32 Å². The predicted molar refractivity (Wildman–Crippen MR) is 66.7 cm³/mol. The SMILES string of the molecule is O=C(NCCc1ccsc1)c1ccc(F)c(F)c1. The molecule has 0 atom stereocenters. The average molecular weight is 267 g/mol. The fraction of sp³-hybridized carbons (Fsp3) is 0.154. The first-order valence-electron chi connectivity index (χ1n) is 5.41. The highest BCUT2D eigenvalue weighted by molar-refractivity contribution is 7.07. The first-order chi connectivity index (χ1) is 8.66. The monoisotopic (exact) mass is 267 g/mol. The van der Waals surface area contributed by atoms with Crippen LogP contribution in [0.4, 0.5) is 8.78 Å². The van der Waals surface area contributed by atoms with E-state index >= 15 is 0 Å². The second-order valence-electron chi connectivity index (χ2n) is 3.77. The highest BCUT2D eigenvalue weighted by Gasteiger charge is 2.08. The van der Waals surface area contributed by atoms with Gasteiger partial charge in [-0.25, -0.2) is 8.78 Å². The molecule has 0 saturated carbocycles. The summed E-state index contributed by atoms with van der Waals surface area (Å²) < 4.78 is 25.6. The van der Waals surface area contributed by atoms with E-state index in [1.165, 1.54) is 6.07 Å². The molecule has 1 N–H and O–H groups in total. The van der Waals surface area contributed by atoms with E-state index in [0.29, 0.717) is 6.54 Å². The normalized spacial score (nSPS) is 10.3. The maximum absolute atomic E-state index is 12.9. The molecule has 0 aliphatic heterocycles. The molecule has 2 aromatic rings. The molecule has 1 amide bonds. The molecule has 94 valence electrons. The van der Waals surface area contributed by atoms with Gasteiger partial charge in [0.25, 0.3) is 5.91 Å². The molecule has 18 heavy (non-hydrogen) atoms. The average Bonchev–Trinajstić information content (AvgIpc) is 2.85.